The molecule has 98 valence electrons. The van der Waals surface area contributed by atoms with Crippen LogP contribution in [0.5, 0.6) is 0 Å². The number of carbonyl (C=O) groups excluding carboxylic acids is 1. The molecule has 0 radical (unpaired) electrons. The number of esters is 1. The van der Waals surface area contributed by atoms with Crippen LogP contribution in [0, 0.1) is 0 Å². The minimum atomic E-state index is -0.174. The van der Waals surface area contributed by atoms with Crippen LogP contribution in [0.15, 0.2) is 59.8 Å². The number of aromatic nitrogens is 1. The summed E-state index contributed by atoms with van der Waals surface area (Å²) in [6, 6.07) is 13.7. The highest BCUT2D eigenvalue weighted by molar-refractivity contribution is 7.99. The Hall–Kier alpha value is -1.81. The van der Waals surface area contributed by atoms with Crippen molar-refractivity contribution in [3.8, 4) is 0 Å². The third-order valence-corrected chi connectivity index (χ3v) is 3.37. The van der Waals surface area contributed by atoms with Crippen LogP contribution in [-0.4, -0.2) is 16.9 Å². The van der Waals surface area contributed by atoms with Crippen LogP contribution in [-0.2, 0) is 16.0 Å². The normalized spacial score (nSPS) is 10.1. The number of hydrogen-bond acceptors (Lipinski definition) is 4. The molecule has 0 aliphatic heterocycles. The average molecular weight is 273 g/mol. The van der Waals surface area contributed by atoms with E-state index < -0.39 is 0 Å². The maximum Gasteiger partial charge on any atom is 0.306 e. The molecule has 0 bridgehead atoms. The third kappa shape index (κ3) is 5.14. The van der Waals surface area contributed by atoms with Gasteiger partial charge in [-0.05, 0) is 30.2 Å². The molecule has 2 aromatic rings. The fourth-order valence-corrected chi connectivity index (χ4v) is 2.22. The average Bonchev–Trinajstić information content (AvgIpc) is 2.47. The molecule has 0 spiro atoms. The van der Waals surface area contributed by atoms with Crippen LogP contribution >= 0.6 is 11.8 Å². The van der Waals surface area contributed by atoms with E-state index in [0.717, 1.165) is 10.5 Å². The second kappa shape index (κ2) is 7.59. The maximum atomic E-state index is 11.6. The number of carbonyl (C=O) groups is 1. The van der Waals surface area contributed by atoms with Crippen LogP contribution in [0.2, 0.25) is 0 Å². The number of thioether (sulfide) groups is 1. The monoisotopic (exact) mass is 273 g/mol. The fourth-order valence-electron chi connectivity index (χ4n) is 1.54. The maximum absolute atomic E-state index is 11.6. The van der Waals surface area contributed by atoms with E-state index >= 15 is 0 Å². The van der Waals surface area contributed by atoms with E-state index in [1.54, 1.807) is 12.4 Å². The largest absolute Gasteiger partial charge is 0.454 e. The highest BCUT2D eigenvalue weighted by Crippen LogP contribution is 2.17. The molecule has 0 fully saturated rings. The van der Waals surface area contributed by atoms with Crippen molar-refractivity contribution in [1.82, 2.24) is 4.98 Å². The summed E-state index contributed by atoms with van der Waals surface area (Å²) in [5, 5.41) is 0. The van der Waals surface area contributed by atoms with Crippen molar-refractivity contribution in [2.75, 3.05) is 5.94 Å². The van der Waals surface area contributed by atoms with Crippen LogP contribution in [0.3, 0.4) is 0 Å². The molecular weight excluding hydrogens is 258 g/mol. The van der Waals surface area contributed by atoms with Crippen molar-refractivity contribution in [2.24, 2.45) is 0 Å². The number of hydrogen-bond donors (Lipinski definition) is 0. The highest BCUT2D eigenvalue weighted by atomic mass is 32.2. The SMILES string of the molecule is O=C(CCc1cccnc1)OCSc1ccccc1. The van der Waals surface area contributed by atoms with Gasteiger partial charge in [-0.3, -0.25) is 9.78 Å². The Kier molecular flexibility index (Phi) is 5.44. The Bertz CT molecular complexity index is 502. The molecule has 0 unspecified atom stereocenters. The lowest BCUT2D eigenvalue weighted by Gasteiger charge is -2.04. The smallest absolute Gasteiger partial charge is 0.306 e. The quantitative estimate of drug-likeness (QED) is 0.460. The lowest BCUT2D eigenvalue weighted by Crippen LogP contribution is -2.05. The topological polar surface area (TPSA) is 39.2 Å². The number of ether oxygens (including phenoxy) is 1. The van der Waals surface area contributed by atoms with E-state index in [1.165, 1.54) is 11.8 Å². The van der Waals surface area contributed by atoms with Crippen LogP contribution in [0.25, 0.3) is 0 Å². The molecule has 4 heteroatoms. The molecule has 0 aliphatic rings. The van der Waals surface area contributed by atoms with E-state index in [9.17, 15) is 4.79 Å². The minimum absolute atomic E-state index is 0.174. The fraction of sp³-hybridized carbons (Fsp3) is 0.200. The predicted octanol–water partition coefficient (Wildman–Crippen LogP) is 3.31. The molecule has 19 heavy (non-hydrogen) atoms. The zero-order chi connectivity index (χ0) is 13.3. The van der Waals surface area contributed by atoms with Crippen LogP contribution < -0.4 is 0 Å². The van der Waals surface area contributed by atoms with Crippen molar-refractivity contribution in [3.63, 3.8) is 0 Å². The van der Waals surface area contributed by atoms with E-state index in [4.69, 9.17) is 4.74 Å². The molecule has 0 saturated carbocycles. The molecule has 1 aromatic heterocycles. The molecule has 0 N–H and O–H groups in total. The van der Waals surface area contributed by atoms with Crippen molar-refractivity contribution < 1.29 is 9.53 Å². The second-order valence-corrected chi connectivity index (χ2v) is 4.95. The summed E-state index contributed by atoms with van der Waals surface area (Å²) in [7, 11) is 0. The molecule has 0 atom stereocenters. The van der Waals surface area contributed by atoms with Gasteiger partial charge in [0.15, 0.2) is 0 Å². The lowest BCUT2D eigenvalue weighted by atomic mass is 10.2. The van der Waals surface area contributed by atoms with Crippen molar-refractivity contribution in [3.05, 3.63) is 60.4 Å². The molecule has 0 amide bonds. The van der Waals surface area contributed by atoms with Gasteiger partial charge in [-0.2, -0.15) is 0 Å². The van der Waals surface area contributed by atoms with Crippen molar-refractivity contribution in [1.29, 1.82) is 0 Å². The van der Waals surface area contributed by atoms with Gasteiger partial charge in [0.2, 0.25) is 0 Å². The van der Waals surface area contributed by atoms with Gasteiger partial charge in [-0.25, -0.2) is 0 Å². The van der Waals surface area contributed by atoms with Gasteiger partial charge in [0.05, 0.1) is 0 Å². The highest BCUT2D eigenvalue weighted by Gasteiger charge is 2.04. The molecule has 2 rings (SSSR count). The zero-order valence-electron chi connectivity index (χ0n) is 10.5. The number of aryl methyl sites for hydroxylation is 1. The van der Waals surface area contributed by atoms with Gasteiger partial charge < -0.3 is 4.74 Å². The number of benzene rings is 1. The Labute approximate surface area is 117 Å². The first kappa shape index (κ1) is 13.6. The van der Waals surface area contributed by atoms with Gasteiger partial charge in [0.1, 0.15) is 5.94 Å². The number of pyridine rings is 1. The third-order valence-electron chi connectivity index (χ3n) is 2.53. The summed E-state index contributed by atoms with van der Waals surface area (Å²) < 4.78 is 5.17. The van der Waals surface area contributed by atoms with Gasteiger partial charge in [-0.1, -0.05) is 36.0 Å². The first-order chi connectivity index (χ1) is 9.34. The van der Waals surface area contributed by atoms with E-state index in [-0.39, 0.29) is 5.97 Å². The first-order valence-corrected chi connectivity index (χ1v) is 7.05. The summed E-state index contributed by atoms with van der Waals surface area (Å²) in [6.45, 7) is 0. The molecule has 3 nitrogen and oxygen atoms in total. The minimum Gasteiger partial charge on any atom is -0.454 e. The summed E-state index contributed by atoms with van der Waals surface area (Å²) in [5.74, 6) is 0.183. The Morgan fingerprint density at radius 1 is 1.16 bits per heavy atom. The van der Waals surface area contributed by atoms with Gasteiger partial charge in [0.25, 0.3) is 0 Å². The first-order valence-electron chi connectivity index (χ1n) is 6.07. The van der Waals surface area contributed by atoms with Gasteiger partial charge in [0, 0.05) is 23.7 Å². The number of rotatable bonds is 6. The van der Waals surface area contributed by atoms with E-state index in [0.29, 0.717) is 18.8 Å². The van der Waals surface area contributed by atoms with Crippen LogP contribution in [0.4, 0.5) is 0 Å². The summed E-state index contributed by atoms with van der Waals surface area (Å²) in [6.07, 6.45) is 4.55. The number of nitrogens with zero attached hydrogens (tertiary/aromatic N) is 1. The van der Waals surface area contributed by atoms with Crippen LogP contribution in [0.1, 0.15) is 12.0 Å². The van der Waals surface area contributed by atoms with E-state index in [2.05, 4.69) is 4.98 Å². The molecule has 1 heterocycles. The van der Waals surface area contributed by atoms with Crippen molar-refractivity contribution in [2.45, 2.75) is 17.7 Å². The molecule has 0 saturated heterocycles. The molecule has 0 aliphatic carbocycles. The Balaban J connectivity index is 1.65. The Morgan fingerprint density at radius 2 is 2.00 bits per heavy atom. The lowest BCUT2D eigenvalue weighted by molar-refractivity contribution is -0.141. The zero-order valence-corrected chi connectivity index (χ0v) is 11.3. The standard InChI is InChI=1S/C15H15NO2S/c17-15(9-8-13-5-4-10-16-11-13)18-12-19-14-6-2-1-3-7-14/h1-7,10-11H,8-9,12H2. The van der Waals surface area contributed by atoms with E-state index in [1.807, 2.05) is 42.5 Å². The Morgan fingerprint density at radius 3 is 2.74 bits per heavy atom. The summed E-state index contributed by atoms with van der Waals surface area (Å²) in [5.41, 5.74) is 1.05. The van der Waals surface area contributed by atoms with Gasteiger partial charge >= 0.3 is 5.97 Å². The molecular formula is C15H15NO2S. The predicted molar refractivity (Wildman–Crippen MR) is 75.8 cm³/mol. The summed E-state index contributed by atoms with van der Waals surface area (Å²) >= 11 is 1.52. The second-order valence-electron chi connectivity index (χ2n) is 3.95. The van der Waals surface area contributed by atoms with Crippen molar-refractivity contribution >= 4 is 17.7 Å². The molecule has 1 aromatic carbocycles. The van der Waals surface area contributed by atoms with Gasteiger partial charge in [-0.15, -0.1) is 0 Å². The summed E-state index contributed by atoms with van der Waals surface area (Å²) in [4.78, 5) is 16.7.